The zero-order valence-electron chi connectivity index (χ0n) is 16.7. The number of nitrogens with zero attached hydrogens (tertiary/aromatic N) is 1. The number of likely N-dealkylation sites (tertiary alicyclic amines) is 1. The first-order valence-electron chi connectivity index (χ1n) is 10.6. The summed E-state index contributed by atoms with van der Waals surface area (Å²) in [5.74, 6) is 1.74. The molecule has 2 aliphatic carbocycles. The summed E-state index contributed by atoms with van der Waals surface area (Å²) >= 11 is 0. The molecule has 1 heterocycles. The minimum absolute atomic E-state index is 0.0383. The Balaban J connectivity index is 1.68. The molecule has 27 heavy (non-hydrogen) atoms. The lowest BCUT2D eigenvalue weighted by atomic mass is 9.69. The fourth-order valence-electron chi connectivity index (χ4n) is 5.21. The number of likely N-dealkylation sites (N-methyl/N-ethyl adjacent to an activating group) is 1. The molecule has 148 valence electrons. The summed E-state index contributed by atoms with van der Waals surface area (Å²) in [5, 5.41) is 10.2. The van der Waals surface area contributed by atoms with Crippen LogP contribution in [0, 0.1) is 0 Å². The van der Waals surface area contributed by atoms with Crippen LogP contribution in [0.15, 0.2) is 30.4 Å². The normalized spacial score (nSPS) is 31.7. The van der Waals surface area contributed by atoms with Gasteiger partial charge >= 0.3 is 0 Å². The number of ether oxygens (including phenoxy) is 2. The maximum atomic E-state index is 10.2. The third kappa shape index (κ3) is 3.62. The highest BCUT2D eigenvalue weighted by atomic mass is 16.5. The molecule has 0 spiro atoms. The van der Waals surface area contributed by atoms with E-state index in [4.69, 9.17) is 9.47 Å². The predicted octanol–water partition coefficient (Wildman–Crippen LogP) is 4.06. The van der Waals surface area contributed by atoms with Crippen LogP contribution in [0.5, 0.6) is 11.5 Å². The highest BCUT2D eigenvalue weighted by molar-refractivity contribution is 5.49. The molecule has 4 rings (SSSR count). The summed E-state index contributed by atoms with van der Waals surface area (Å²) in [6.45, 7) is 3.71. The Labute approximate surface area is 163 Å². The monoisotopic (exact) mass is 371 g/mol. The Bertz CT molecular complexity index is 682. The van der Waals surface area contributed by atoms with Crippen LogP contribution in [-0.4, -0.2) is 48.5 Å². The lowest BCUT2D eigenvalue weighted by Gasteiger charge is -2.40. The number of hydrogen-bond acceptors (Lipinski definition) is 4. The van der Waals surface area contributed by atoms with E-state index < -0.39 is 0 Å². The number of aliphatic hydroxyl groups excluding tert-OH is 1. The minimum atomic E-state index is -0.343. The first-order chi connectivity index (χ1) is 13.1. The quantitative estimate of drug-likeness (QED) is 0.793. The second-order valence-electron chi connectivity index (χ2n) is 8.42. The van der Waals surface area contributed by atoms with Crippen molar-refractivity contribution in [1.29, 1.82) is 0 Å². The van der Waals surface area contributed by atoms with Gasteiger partial charge in [0.2, 0.25) is 0 Å². The van der Waals surface area contributed by atoms with Crippen LogP contribution < -0.4 is 9.47 Å². The van der Waals surface area contributed by atoms with E-state index in [1.807, 2.05) is 13.0 Å². The molecular weight excluding hydrogens is 338 g/mol. The van der Waals surface area contributed by atoms with E-state index in [2.05, 4.69) is 36.2 Å². The van der Waals surface area contributed by atoms with Gasteiger partial charge in [-0.2, -0.15) is 0 Å². The highest BCUT2D eigenvalue weighted by Gasteiger charge is 2.48. The number of aliphatic hydroxyl groups is 1. The van der Waals surface area contributed by atoms with Gasteiger partial charge in [-0.1, -0.05) is 24.6 Å². The third-order valence-corrected chi connectivity index (χ3v) is 6.71. The summed E-state index contributed by atoms with van der Waals surface area (Å²) in [4.78, 5) is 2.39. The molecule has 1 aromatic carbocycles. The van der Waals surface area contributed by atoms with Gasteiger partial charge in [0.15, 0.2) is 11.5 Å². The molecule has 1 saturated carbocycles. The molecule has 3 aliphatic rings. The molecule has 0 radical (unpaired) electrons. The largest absolute Gasteiger partial charge is 0.490 e. The Hall–Kier alpha value is -1.52. The average molecular weight is 372 g/mol. The van der Waals surface area contributed by atoms with E-state index in [1.54, 1.807) is 0 Å². The Morgan fingerprint density at radius 3 is 2.78 bits per heavy atom. The minimum Gasteiger partial charge on any atom is -0.490 e. The van der Waals surface area contributed by atoms with Crippen molar-refractivity contribution in [2.75, 3.05) is 20.2 Å². The first kappa shape index (κ1) is 18.8. The van der Waals surface area contributed by atoms with Gasteiger partial charge in [-0.25, -0.2) is 0 Å². The summed E-state index contributed by atoms with van der Waals surface area (Å²) < 4.78 is 12.3. The van der Waals surface area contributed by atoms with Crippen LogP contribution in [0.25, 0.3) is 0 Å². The van der Waals surface area contributed by atoms with E-state index in [-0.39, 0.29) is 11.5 Å². The van der Waals surface area contributed by atoms with Gasteiger partial charge in [-0.15, -0.1) is 0 Å². The van der Waals surface area contributed by atoms with Crippen LogP contribution in [-0.2, 0) is 5.41 Å². The maximum absolute atomic E-state index is 10.2. The summed E-state index contributed by atoms with van der Waals surface area (Å²) in [5.41, 5.74) is 1.25. The van der Waals surface area contributed by atoms with E-state index in [0.29, 0.717) is 18.8 Å². The van der Waals surface area contributed by atoms with Gasteiger partial charge in [-0.05, 0) is 76.7 Å². The molecule has 1 aliphatic heterocycles. The fraction of sp³-hybridized carbons (Fsp3) is 0.652. The summed E-state index contributed by atoms with van der Waals surface area (Å²) in [6.07, 6.45) is 12.2. The number of hydrogen-bond donors (Lipinski definition) is 1. The molecule has 0 aromatic heterocycles. The van der Waals surface area contributed by atoms with Crippen LogP contribution in [0.1, 0.15) is 57.4 Å². The molecule has 1 N–H and O–H groups in total. The van der Waals surface area contributed by atoms with Crippen LogP contribution >= 0.6 is 0 Å². The van der Waals surface area contributed by atoms with Crippen molar-refractivity contribution in [3.05, 3.63) is 35.9 Å². The van der Waals surface area contributed by atoms with Gasteiger partial charge in [-0.3, -0.25) is 0 Å². The molecule has 3 atom stereocenters. The molecule has 2 fully saturated rings. The molecule has 1 saturated heterocycles. The Kier molecular flexibility index (Phi) is 5.47. The van der Waals surface area contributed by atoms with Gasteiger partial charge in [0.1, 0.15) is 0 Å². The van der Waals surface area contributed by atoms with Gasteiger partial charge in [0.05, 0.1) is 18.8 Å². The standard InChI is InChI=1S/C23H33NO3/c1-3-26-20-10-9-17(15-21(20)27-19-7-5-4-6-8-19)23-12-11-18(25)16-22(23)24(2)14-13-23/h9-12,15,18-19,22,25H,3-8,13-14,16H2,1-2H3/t18-,22-,23-/m0/s1. The maximum Gasteiger partial charge on any atom is 0.161 e. The third-order valence-electron chi connectivity index (χ3n) is 6.71. The van der Waals surface area contributed by atoms with Crippen molar-refractivity contribution < 1.29 is 14.6 Å². The number of benzene rings is 1. The average Bonchev–Trinajstić information content (AvgIpc) is 3.02. The SMILES string of the molecule is CCOc1ccc([C@@]23C=C[C@H](O)C[C@@H]2N(C)CC3)cc1OC1CCCCC1. The summed E-state index contributed by atoms with van der Waals surface area (Å²) in [7, 11) is 2.17. The Morgan fingerprint density at radius 2 is 2.00 bits per heavy atom. The van der Waals surface area contributed by atoms with Crippen LogP contribution in [0.4, 0.5) is 0 Å². The number of rotatable bonds is 5. The molecular formula is C23H33NO3. The lowest BCUT2D eigenvalue weighted by Crippen LogP contribution is -2.44. The van der Waals surface area contributed by atoms with Crippen molar-refractivity contribution in [3.8, 4) is 11.5 Å². The lowest BCUT2D eigenvalue weighted by molar-refractivity contribution is 0.136. The Morgan fingerprint density at radius 1 is 1.19 bits per heavy atom. The van der Waals surface area contributed by atoms with Crippen molar-refractivity contribution >= 4 is 0 Å². The topological polar surface area (TPSA) is 41.9 Å². The second kappa shape index (κ2) is 7.84. The molecule has 4 nitrogen and oxygen atoms in total. The first-order valence-corrected chi connectivity index (χ1v) is 10.6. The van der Waals surface area contributed by atoms with Gasteiger partial charge < -0.3 is 19.5 Å². The van der Waals surface area contributed by atoms with Gasteiger partial charge in [0.25, 0.3) is 0 Å². The van der Waals surface area contributed by atoms with Crippen LogP contribution in [0.2, 0.25) is 0 Å². The summed E-state index contributed by atoms with van der Waals surface area (Å²) in [6, 6.07) is 6.83. The van der Waals surface area contributed by atoms with Crippen LogP contribution in [0.3, 0.4) is 0 Å². The molecule has 0 bridgehead atoms. The molecule has 0 unspecified atom stereocenters. The van der Waals surface area contributed by atoms with Crippen molar-refractivity contribution in [1.82, 2.24) is 4.90 Å². The smallest absolute Gasteiger partial charge is 0.161 e. The fourth-order valence-corrected chi connectivity index (χ4v) is 5.21. The van der Waals surface area contributed by atoms with Crippen molar-refractivity contribution in [3.63, 3.8) is 0 Å². The van der Waals surface area contributed by atoms with Gasteiger partial charge in [0, 0.05) is 11.5 Å². The molecule has 1 aromatic rings. The van der Waals surface area contributed by atoms with Crippen molar-refractivity contribution in [2.45, 2.75) is 75.5 Å². The van der Waals surface area contributed by atoms with E-state index >= 15 is 0 Å². The predicted molar refractivity (Wildman–Crippen MR) is 108 cm³/mol. The van der Waals surface area contributed by atoms with E-state index in [1.165, 1.54) is 24.8 Å². The number of fused-ring (bicyclic) bond motifs is 1. The highest BCUT2D eigenvalue weighted by Crippen LogP contribution is 2.47. The zero-order chi connectivity index (χ0) is 18.9. The molecule has 0 amide bonds. The second-order valence-corrected chi connectivity index (χ2v) is 8.42. The van der Waals surface area contributed by atoms with Crippen molar-refractivity contribution in [2.24, 2.45) is 0 Å². The van der Waals surface area contributed by atoms with E-state index in [9.17, 15) is 5.11 Å². The zero-order valence-corrected chi connectivity index (χ0v) is 16.7. The molecule has 4 heteroatoms. The van der Waals surface area contributed by atoms with E-state index in [0.717, 1.165) is 43.7 Å².